The molecular formula is C22H18N2O3S. The normalized spacial score (nSPS) is 16.7. The Morgan fingerprint density at radius 1 is 1.14 bits per heavy atom. The van der Waals surface area contributed by atoms with E-state index in [1.165, 1.54) is 16.2 Å². The first-order chi connectivity index (χ1) is 13.5. The lowest BCUT2D eigenvalue weighted by Gasteiger charge is -2.28. The Balaban J connectivity index is 1.92. The van der Waals surface area contributed by atoms with Gasteiger partial charge in [-0.15, -0.1) is 11.3 Å². The summed E-state index contributed by atoms with van der Waals surface area (Å²) in [5.74, 6) is -1.41. The second kappa shape index (κ2) is 7.05. The van der Waals surface area contributed by atoms with Gasteiger partial charge in [0.05, 0.1) is 16.5 Å². The Labute approximate surface area is 166 Å². The van der Waals surface area contributed by atoms with Gasteiger partial charge in [0.1, 0.15) is 0 Å². The van der Waals surface area contributed by atoms with E-state index in [2.05, 4.69) is 4.98 Å². The summed E-state index contributed by atoms with van der Waals surface area (Å²) < 4.78 is 0. The number of benzene rings is 1. The molecule has 3 aromatic rings. The van der Waals surface area contributed by atoms with E-state index in [1.54, 1.807) is 42.0 Å². The minimum absolute atomic E-state index is 0.0968. The predicted molar refractivity (Wildman–Crippen MR) is 109 cm³/mol. The Hall–Kier alpha value is -3.25. The number of hydrogen-bond acceptors (Lipinski definition) is 5. The lowest BCUT2D eigenvalue weighted by atomic mass is 9.95. The average Bonchev–Trinajstić information content (AvgIpc) is 3.32. The predicted octanol–water partition coefficient (Wildman–Crippen LogP) is 4.54. The number of carbonyl (C=O) groups is 2. The lowest BCUT2D eigenvalue weighted by molar-refractivity contribution is -0.117. The highest BCUT2D eigenvalue weighted by Crippen LogP contribution is 2.43. The smallest absolute Gasteiger partial charge is 0.294 e. The molecule has 140 valence electrons. The number of amides is 1. The van der Waals surface area contributed by atoms with E-state index in [-0.39, 0.29) is 11.4 Å². The second-order valence-electron chi connectivity index (χ2n) is 6.72. The van der Waals surface area contributed by atoms with Crippen molar-refractivity contribution in [3.8, 4) is 0 Å². The first-order valence-electron chi connectivity index (χ1n) is 8.81. The summed E-state index contributed by atoms with van der Waals surface area (Å²) in [5.41, 5.74) is 3.36. The number of ketones is 1. The molecule has 1 unspecified atom stereocenters. The topological polar surface area (TPSA) is 70.5 Å². The number of carbonyl (C=O) groups excluding carboxylic acids is 2. The summed E-state index contributed by atoms with van der Waals surface area (Å²) in [6.07, 6.45) is 3.23. The number of nitrogens with zero attached hydrogens (tertiary/aromatic N) is 2. The van der Waals surface area contributed by atoms with Crippen LogP contribution < -0.4 is 4.90 Å². The number of aromatic nitrogens is 1. The molecule has 0 saturated carbocycles. The second-order valence-corrected chi connectivity index (χ2v) is 7.66. The third kappa shape index (κ3) is 2.92. The summed E-state index contributed by atoms with van der Waals surface area (Å²) in [7, 11) is 0. The molecule has 4 rings (SSSR count). The Morgan fingerprint density at radius 2 is 1.89 bits per heavy atom. The fraction of sp³-hybridized carbons (Fsp3) is 0.136. The van der Waals surface area contributed by atoms with Gasteiger partial charge in [0.25, 0.3) is 5.91 Å². The van der Waals surface area contributed by atoms with E-state index >= 15 is 0 Å². The first kappa shape index (κ1) is 18.1. The molecular weight excluding hydrogens is 372 g/mol. The van der Waals surface area contributed by atoms with Gasteiger partial charge >= 0.3 is 0 Å². The van der Waals surface area contributed by atoms with Crippen molar-refractivity contribution in [2.75, 3.05) is 4.90 Å². The van der Waals surface area contributed by atoms with E-state index in [9.17, 15) is 14.7 Å². The van der Waals surface area contributed by atoms with Crippen LogP contribution in [-0.4, -0.2) is 21.8 Å². The van der Waals surface area contributed by atoms with Crippen molar-refractivity contribution in [3.63, 3.8) is 0 Å². The summed E-state index contributed by atoms with van der Waals surface area (Å²) in [6.45, 7) is 3.84. The van der Waals surface area contributed by atoms with Crippen molar-refractivity contribution in [1.29, 1.82) is 0 Å². The fourth-order valence-corrected chi connectivity index (χ4v) is 4.14. The molecule has 0 radical (unpaired) electrons. The van der Waals surface area contributed by atoms with Crippen LogP contribution in [0.4, 0.5) is 5.69 Å². The van der Waals surface area contributed by atoms with Crippen LogP contribution in [0, 0.1) is 13.8 Å². The number of Topliss-reactive ketones (excluding diaryl/α,β-unsaturated/α-hetero) is 1. The standard InChI is InChI=1S/C22H18N2O3S/c1-13-5-6-14(2)16(12-13)24-19(15-7-9-23-10-8-15)18(21(26)22(24)27)20(25)17-4-3-11-28-17/h3-12,19,26H,1-2H3. The van der Waals surface area contributed by atoms with Crippen LogP contribution >= 0.6 is 11.3 Å². The Bertz CT molecular complexity index is 1090. The van der Waals surface area contributed by atoms with Crippen LogP contribution in [0.2, 0.25) is 0 Å². The van der Waals surface area contributed by atoms with Gasteiger partial charge in [-0.25, -0.2) is 0 Å². The van der Waals surface area contributed by atoms with Crippen molar-refractivity contribution in [2.45, 2.75) is 19.9 Å². The number of hydrogen-bond donors (Lipinski definition) is 1. The largest absolute Gasteiger partial charge is 0.503 e. The molecule has 0 bridgehead atoms. The zero-order valence-corrected chi connectivity index (χ0v) is 16.2. The highest BCUT2D eigenvalue weighted by molar-refractivity contribution is 7.12. The third-order valence-corrected chi connectivity index (χ3v) is 5.71. The maximum Gasteiger partial charge on any atom is 0.294 e. The van der Waals surface area contributed by atoms with Crippen LogP contribution in [0.3, 0.4) is 0 Å². The average molecular weight is 390 g/mol. The summed E-state index contributed by atoms with van der Waals surface area (Å²) in [4.78, 5) is 32.3. The van der Waals surface area contributed by atoms with E-state index in [4.69, 9.17) is 0 Å². The molecule has 0 saturated heterocycles. The van der Waals surface area contributed by atoms with Gasteiger partial charge in [-0.1, -0.05) is 18.2 Å². The number of pyridine rings is 1. The van der Waals surface area contributed by atoms with Gasteiger partial charge in [0.15, 0.2) is 5.76 Å². The van der Waals surface area contributed by atoms with Gasteiger partial charge in [-0.05, 0) is 60.2 Å². The Kier molecular flexibility index (Phi) is 4.57. The van der Waals surface area contributed by atoms with Crippen molar-refractivity contribution >= 4 is 28.7 Å². The highest BCUT2D eigenvalue weighted by atomic mass is 32.1. The molecule has 1 amide bonds. The molecule has 6 heteroatoms. The molecule has 1 aliphatic heterocycles. The number of rotatable bonds is 4. The maximum absolute atomic E-state index is 13.2. The van der Waals surface area contributed by atoms with E-state index < -0.39 is 17.7 Å². The van der Waals surface area contributed by atoms with Crippen LogP contribution in [0.15, 0.2) is 71.6 Å². The molecule has 1 N–H and O–H groups in total. The Morgan fingerprint density at radius 3 is 2.57 bits per heavy atom. The number of anilines is 1. The SMILES string of the molecule is Cc1ccc(C)c(N2C(=O)C(O)=C(C(=O)c3cccs3)C2c2ccncc2)c1. The van der Waals surface area contributed by atoms with Crippen LogP contribution in [0.25, 0.3) is 0 Å². The molecule has 0 aliphatic carbocycles. The zero-order valence-electron chi connectivity index (χ0n) is 15.4. The van der Waals surface area contributed by atoms with Gasteiger partial charge in [-0.2, -0.15) is 0 Å². The molecule has 1 aromatic carbocycles. The van der Waals surface area contributed by atoms with Crippen LogP contribution in [0.1, 0.15) is 32.4 Å². The fourth-order valence-electron chi connectivity index (χ4n) is 3.47. The number of thiophene rings is 1. The van der Waals surface area contributed by atoms with Crippen molar-refractivity contribution < 1.29 is 14.7 Å². The summed E-state index contributed by atoms with van der Waals surface area (Å²) in [6, 6.07) is 12.1. The van der Waals surface area contributed by atoms with Crippen LogP contribution in [-0.2, 0) is 4.79 Å². The first-order valence-corrected chi connectivity index (χ1v) is 9.69. The molecule has 1 atom stereocenters. The third-order valence-electron chi connectivity index (χ3n) is 4.84. The highest BCUT2D eigenvalue weighted by Gasteiger charge is 2.45. The minimum atomic E-state index is -0.717. The molecule has 2 aromatic heterocycles. The molecule has 3 heterocycles. The molecule has 0 fully saturated rings. The quantitative estimate of drug-likeness (QED) is 0.664. The lowest BCUT2D eigenvalue weighted by Crippen LogP contribution is -2.31. The van der Waals surface area contributed by atoms with E-state index in [0.717, 1.165) is 11.1 Å². The van der Waals surface area contributed by atoms with E-state index in [0.29, 0.717) is 16.1 Å². The minimum Gasteiger partial charge on any atom is -0.503 e. The van der Waals surface area contributed by atoms with Gasteiger partial charge in [0.2, 0.25) is 5.78 Å². The molecule has 28 heavy (non-hydrogen) atoms. The number of aliphatic hydroxyl groups excluding tert-OH is 1. The van der Waals surface area contributed by atoms with Gasteiger partial charge < -0.3 is 5.11 Å². The summed E-state index contributed by atoms with van der Waals surface area (Å²) in [5, 5.41) is 12.5. The van der Waals surface area contributed by atoms with Crippen molar-refractivity contribution in [2.24, 2.45) is 0 Å². The van der Waals surface area contributed by atoms with E-state index in [1.807, 2.05) is 32.0 Å². The maximum atomic E-state index is 13.2. The summed E-state index contributed by atoms with van der Waals surface area (Å²) >= 11 is 1.28. The molecule has 0 spiro atoms. The number of aryl methyl sites for hydroxylation is 2. The van der Waals surface area contributed by atoms with Crippen molar-refractivity contribution in [3.05, 3.63) is 93.1 Å². The van der Waals surface area contributed by atoms with Gasteiger partial charge in [0, 0.05) is 18.1 Å². The number of aliphatic hydroxyl groups is 1. The molecule has 1 aliphatic rings. The van der Waals surface area contributed by atoms with Crippen LogP contribution in [0.5, 0.6) is 0 Å². The van der Waals surface area contributed by atoms with Gasteiger partial charge in [-0.3, -0.25) is 19.5 Å². The molecule has 5 nitrogen and oxygen atoms in total. The monoisotopic (exact) mass is 390 g/mol. The van der Waals surface area contributed by atoms with Crippen molar-refractivity contribution in [1.82, 2.24) is 4.98 Å². The zero-order chi connectivity index (χ0) is 19.8.